The third-order valence-electron chi connectivity index (χ3n) is 4.97. The molecule has 0 saturated carbocycles. The molecule has 1 heterocycles. The molecule has 7 heteroatoms. The molecule has 2 aromatic carbocycles. The summed E-state index contributed by atoms with van der Waals surface area (Å²) in [5.41, 5.74) is 2.53. The molecule has 0 bridgehead atoms. The van der Waals surface area contributed by atoms with E-state index in [4.69, 9.17) is 14.2 Å². The van der Waals surface area contributed by atoms with Crippen LogP contribution in [0.15, 0.2) is 42.5 Å². The van der Waals surface area contributed by atoms with Crippen LogP contribution in [-0.4, -0.2) is 48.5 Å². The molecule has 0 aliphatic carbocycles. The second kappa shape index (κ2) is 10.1. The molecule has 3 rings (SSSR count). The van der Waals surface area contributed by atoms with Crippen molar-refractivity contribution in [2.45, 2.75) is 26.7 Å². The lowest BCUT2D eigenvalue weighted by Crippen LogP contribution is -2.14. The number of aliphatic carboxylic acids is 1. The van der Waals surface area contributed by atoms with Gasteiger partial charge >= 0.3 is 5.97 Å². The van der Waals surface area contributed by atoms with Crippen LogP contribution in [-0.2, 0) is 16.0 Å². The summed E-state index contributed by atoms with van der Waals surface area (Å²) in [5, 5.41) is 9.93. The van der Waals surface area contributed by atoms with E-state index in [-0.39, 0.29) is 12.3 Å². The number of fused-ring (bicyclic) bond motifs is 1. The van der Waals surface area contributed by atoms with Crippen LogP contribution in [0.3, 0.4) is 0 Å². The molecule has 0 aliphatic heterocycles. The van der Waals surface area contributed by atoms with Crippen LogP contribution >= 0.6 is 0 Å². The Bertz CT molecular complexity index is 1090. The van der Waals surface area contributed by atoms with Crippen molar-refractivity contribution in [3.8, 4) is 11.5 Å². The number of aromatic nitrogens is 1. The van der Waals surface area contributed by atoms with Gasteiger partial charge in [0.15, 0.2) is 11.5 Å². The zero-order valence-electron chi connectivity index (χ0n) is 18.0. The molecule has 7 nitrogen and oxygen atoms in total. The molecule has 0 spiro atoms. The Morgan fingerprint density at radius 2 is 1.87 bits per heavy atom. The van der Waals surface area contributed by atoms with Gasteiger partial charge in [-0.3, -0.25) is 14.2 Å². The van der Waals surface area contributed by atoms with E-state index in [1.54, 1.807) is 34.9 Å². The average molecular weight is 425 g/mol. The normalized spacial score (nSPS) is 10.9. The van der Waals surface area contributed by atoms with Gasteiger partial charge in [0, 0.05) is 36.3 Å². The molecule has 0 aliphatic rings. The van der Waals surface area contributed by atoms with Gasteiger partial charge in [-0.15, -0.1) is 0 Å². The number of nitrogens with zero attached hydrogens (tertiary/aromatic N) is 1. The van der Waals surface area contributed by atoms with Crippen LogP contribution in [0.25, 0.3) is 10.9 Å². The summed E-state index contributed by atoms with van der Waals surface area (Å²) >= 11 is 0. The number of hydrogen-bond acceptors (Lipinski definition) is 5. The van der Waals surface area contributed by atoms with Gasteiger partial charge in [-0.25, -0.2) is 0 Å². The predicted molar refractivity (Wildman–Crippen MR) is 117 cm³/mol. The van der Waals surface area contributed by atoms with Crippen LogP contribution < -0.4 is 9.47 Å². The minimum Gasteiger partial charge on any atom is -0.493 e. The Morgan fingerprint density at radius 3 is 2.58 bits per heavy atom. The number of carboxylic acids is 1. The molecule has 0 fully saturated rings. The number of hydrogen-bond donors (Lipinski definition) is 1. The molecule has 3 aromatic rings. The SMILES string of the molecule is CCOCCCOc1ccc(C(=O)n2c(C)cc3c(CC(=O)O)cccc32)cc1OC. The highest BCUT2D eigenvalue weighted by molar-refractivity contribution is 6.04. The topological polar surface area (TPSA) is 87.0 Å². The van der Waals surface area contributed by atoms with Gasteiger partial charge in [0.25, 0.3) is 5.91 Å². The third-order valence-corrected chi connectivity index (χ3v) is 4.97. The Balaban J connectivity index is 1.88. The Labute approximate surface area is 181 Å². The van der Waals surface area contributed by atoms with Crippen molar-refractivity contribution in [1.82, 2.24) is 4.57 Å². The maximum atomic E-state index is 13.3. The van der Waals surface area contributed by atoms with E-state index in [1.165, 1.54) is 7.11 Å². The summed E-state index contributed by atoms with van der Waals surface area (Å²) in [6, 6.07) is 12.3. The van der Waals surface area contributed by atoms with Crippen molar-refractivity contribution in [3.63, 3.8) is 0 Å². The number of rotatable bonds is 10. The molecule has 0 unspecified atom stereocenters. The first-order valence-electron chi connectivity index (χ1n) is 10.2. The standard InChI is InChI=1S/C24H27NO6/c1-4-30-11-6-12-31-21-10-9-18(14-22(21)29-3)24(28)25-16(2)13-19-17(15-23(26)27)7-5-8-20(19)25/h5,7-10,13-14H,4,6,11-12,15H2,1-3H3,(H,26,27). The second-order valence-corrected chi connectivity index (χ2v) is 7.11. The summed E-state index contributed by atoms with van der Waals surface area (Å²) in [6.07, 6.45) is 0.656. The first-order valence-corrected chi connectivity index (χ1v) is 10.2. The van der Waals surface area contributed by atoms with Gasteiger partial charge in [-0.05, 0) is 49.7 Å². The van der Waals surface area contributed by atoms with Crippen molar-refractivity contribution >= 4 is 22.8 Å². The number of methoxy groups -OCH3 is 1. The number of benzene rings is 2. The molecule has 164 valence electrons. The van der Waals surface area contributed by atoms with Crippen molar-refractivity contribution in [1.29, 1.82) is 0 Å². The second-order valence-electron chi connectivity index (χ2n) is 7.11. The average Bonchev–Trinajstić information content (AvgIpc) is 3.09. The maximum Gasteiger partial charge on any atom is 0.307 e. The van der Waals surface area contributed by atoms with Crippen LogP contribution in [0.5, 0.6) is 11.5 Å². The molecular weight excluding hydrogens is 398 g/mol. The minimum atomic E-state index is -0.911. The summed E-state index contributed by atoms with van der Waals surface area (Å²) < 4.78 is 18.1. The van der Waals surface area contributed by atoms with Gasteiger partial charge in [-0.2, -0.15) is 0 Å². The molecule has 0 radical (unpaired) electrons. The lowest BCUT2D eigenvalue weighted by molar-refractivity contribution is -0.136. The number of carbonyl (C=O) groups excluding carboxylic acids is 1. The van der Waals surface area contributed by atoms with Crippen molar-refractivity contribution < 1.29 is 28.9 Å². The van der Waals surface area contributed by atoms with Crippen LogP contribution in [0.4, 0.5) is 0 Å². The number of carboxylic acid groups (broad SMARTS) is 1. The van der Waals surface area contributed by atoms with Crippen LogP contribution in [0.1, 0.15) is 35.0 Å². The van der Waals surface area contributed by atoms with Gasteiger partial charge < -0.3 is 19.3 Å². The summed E-state index contributed by atoms with van der Waals surface area (Å²) in [6.45, 7) is 5.56. The Morgan fingerprint density at radius 1 is 1.06 bits per heavy atom. The highest BCUT2D eigenvalue weighted by atomic mass is 16.5. The van der Waals surface area contributed by atoms with Crippen molar-refractivity contribution in [3.05, 3.63) is 59.3 Å². The number of aryl methyl sites for hydroxylation is 1. The predicted octanol–water partition coefficient (Wildman–Crippen LogP) is 4.08. The molecule has 1 aromatic heterocycles. The molecule has 1 N–H and O–H groups in total. The Hall–Kier alpha value is -3.32. The molecular formula is C24H27NO6. The zero-order chi connectivity index (χ0) is 22.4. The molecule has 0 saturated heterocycles. The zero-order valence-corrected chi connectivity index (χ0v) is 18.0. The first kappa shape index (κ1) is 22.4. The van der Waals surface area contributed by atoms with E-state index >= 15 is 0 Å². The quantitative estimate of drug-likeness (QED) is 0.493. The number of carbonyl (C=O) groups is 2. The van der Waals surface area contributed by atoms with Gasteiger partial charge in [0.05, 0.1) is 25.7 Å². The monoisotopic (exact) mass is 425 g/mol. The summed E-state index contributed by atoms with van der Waals surface area (Å²) in [4.78, 5) is 24.5. The molecule has 31 heavy (non-hydrogen) atoms. The minimum absolute atomic E-state index is 0.0991. The van der Waals surface area contributed by atoms with E-state index < -0.39 is 5.97 Å². The van der Waals surface area contributed by atoms with E-state index in [1.807, 2.05) is 26.0 Å². The van der Waals surface area contributed by atoms with Crippen LogP contribution in [0, 0.1) is 6.92 Å². The van der Waals surface area contributed by atoms with E-state index in [9.17, 15) is 14.7 Å². The van der Waals surface area contributed by atoms with Crippen molar-refractivity contribution in [2.24, 2.45) is 0 Å². The fraction of sp³-hybridized carbons (Fsp3) is 0.333. The lowest BCUT2D eigenvalue weighted by atomic mass is 10.1. The fourth-order valence-corrected chi connectivity index (χ4v) is 3.55. The van der Waals surface area contributed by atoms with Crippen molar-refractivity contribution in [2.75, 3.05) is 26.9 Å². The first-order chi connectivity index (χ1) is 15.0. The highest BCUT2D eigenvalue weighted by Gasteiger charge is 2.19. The smallest absolute Gasteiger partial charge is 0.307 e. The maximum absolute atomic E-state index is 13.3. The van der Waals surface area contributed by atoms with E-state index in [0.717, 1.165) is 17.5 Å². The molecule has 0 amide bonds. The fourth-order valence-electron chi connectivity index (χ4n) is 3.55. The largest absolute Gasteiger partial charge is 0.493 e. The summed E-state index contributed by atoms with van der Waals surface area (Å²) in [5.74, 6) is -0.0942. The van der Waals surface area contributed by atoms with E-state index in [0.29, 0.717) is 48.0 Å². The third kappa shape index (κ3) is 5.06. The van der Waals surface area contributed by atoms with Crippen LogP contribution in [0.2, 0.25) is 0 Å². The van der Waals surface area contributed by atoms with Gasteiger partial charge in [0.2, 0.25) is 0 Å². The molecule has 0 atom stereocenters. The highest BCUT2D eigenvalue weighted by Crippen LogP contribution is 2.30. The Kier molecular flexibility index (Phi) is 7.31. The van der Waals surface area contributed by atoms with E-state index in [2.05, 4.69) is 0 Å². The van der Waals surface area contributed by atoms with Gasteiger partial charge in [0.1, 0.15) is 0 Å². The number of ether oxygens (including phenoxy) is 3. The summed E-state index contributed by atoms with van der Waals surface area (Å²) in [7, 11) is 1.53. The van der Waals surface area contributed by atoms with Gasteiger partial charge in [-0.1, -0.05) is 12.1 Å². The lowest BCUT2D eigenvalue weighted by Gasteiger charge is -2.13.